The van der Waals surface area contributed by atoms with Crippen LogP contribution >= 0.6 is 11.3 Å². The predicted molar refractivity (Wildman–Crippen MR) is 104 cm³/mol. The summed E-state index contributed by atoms with van der Waals surface area (Å²) in [5, 5.41) is 0. The number of ether oxygens (including phenoxy) is 1. The second-order valence-electron chi connectivity index (χ2n) is 7.27. The van der Waals surface area contributed by atoms with Gasteiger partial charge in [0.2, 0.25) is 5.91 Å². The standard InChI is InChI=1S/C20H24FN3O3S/c1-14(2)8-23-9-16(27-12-15-5-3-4-6-17(15)21)10-24(11-19(23)25)20(26)18-7-22-13-28-18/h3-7,13-14,16H,8-12H2,1-2H3. The lowest BCUT2D eigenvalue weighted by atomic mass is 10.2. The monoisotopic (exact) mass is 405 g/mol. The van der Waals surface area contributed by atoms with Gasteiger partial charge in [0, 0.05) is 25.2 Å². The van der Waals surface area contributed by atoms with Crippen molar-refractivity contribution in [3.05, 3.63) is 52.2 Å². The van der Waals surface area contributed by atoms with Gasteiger partial charge in [0.1, 0.15) is 17.2 Å². The fourth-order valence-corrected chi connectivity index (χ4v) is 3.74. The van der Waals surface area contributed by atoms with Gasteiger partial charge in [-0.2, -0.15) is 0 Å². The smallest absolute Gasteiger partial charge is 0.266 e. The minimum atomic E-state index is -0.401. The van der Waals surface area contributed by atoms with Crippen LogP contribution in [0.25, 0.3) is 0 Å². The molecule has 0 N–H and O–H groups in total. The number of rotatable bonds is 6. The topological polar surface area (TPSA) is 62.7 Å². The molecule has 8 heteroatoms. The molecule has 1 aliphatic heterocycles. The highest BCUT2D eigenvalue weighted by molar-refractivity contribution is 7.11. The second-order valence-corrected chi connectivity index (χ2v) is 8.15. The number of carbonyl (C=O) groups excluding carboxylic acids is 2. The normalized spacial score (nSPS) is 17.9. The Morgan fingerprint density at radius 2 is 2.14 bits per heavy atom. The van der Waals surface area contributed by atoms with Crippen LogP contribution in [0.3, 0.4) is 0 Å². The summed E-state index contributed by atoms with van der Waals surface area (Å²) in [6, 6.07) is 6.44. The largest absolute Gasteiger partial charge is 0.370 e. The van der Waals surface area contributed by atoms with E-state index in [0.29, 0.717) is 29.4 Å². The van der Waals surface area contributed by atoms with Gasteiger partial charge in [0.15, 0.2) is 0 Å². The third-order valence-electron chi connectivity index (χ3n) is 4.48. The van der Waals surface area contributed by atoms with Crippen molar-refractivity contribution in [1.82, 2.24) is 14.8 Å². The molecule has 1 aromatic carbocycles. The predicted octanol–water partition coefficient (Wildman–Crippen LogP) is 2.81. The van der Waals surface area contributed by atoms with Crippen LogP contribution in [0.15, 0.2) is 36.0 Å². The lowest BCUT2D eigenvalue weighted by molar-refractivity contribution is -0.132. The number of nitrogens with zero attached hydrogens (tertiary/aromatic N) is 3. The molecule has 1 saturated heterocycles. The molecular formula is C20H24FN3O3S. The van der Waals surface area contributed by atoms with E-state index in [1.54, 1.807) is 28.6 Å². The van der Waals surface area contributed by atoms with E-state index in [2.05, 4.69) is 4.98 Å². The van der Waals surface area contributed by atoms with Crippen LogP contribution in [0.2, 0.25) is 0 Å². The fraction of sp³-hybridized carbons (Fsp3) is 0.450. The van der Waals surface area contributed by atoms with Gasteiger partial charge in [0.05, 0.1) is 24.4 Å². The molecule has 3 rings (SSSR count). The van der Waals surface area contributed by atoms with Gasteiger partial charge < -0.3 is 14.5 Å². The van der Waals surface area contributed by atoms with Gasteiger partial charge in [-0.3, -0.25) is 14.6 Å². The molecule has 2 amide bonds. The minimum Gasteiger partial charge on any atom is -0.370 e. The molecule has 2 heterocycles. The lowest BCUT2D eigenvalue weighted by Gasteiger charge is -2.26. The van der Waals surface area contributed by atoms with Crippen LogP contribution in [0.1, 0.15) is 29.1 Å². The Morgan fingerprint density at radius 1 is 1.36 bits per heavy atom. The van der Waals surface area contributed by atoms with Crippen LogP contribution in [-0.4, -0.2) is 58.9 Å². The first-order chi connectivity index (χ1) is 13.4. The SMILES string of the molecule is CC(C)CN1CC(OCc2ccccc2F)CN(C(=O)c2cncs2)CC1=O. The average Bonchev–Trinajstić information content (AvgIpc) is 3.14. The van der Waals surface area contributed by atoms with E-state index in [4.69, 9.17) is 4.74 Å². The van der Waals surface area contributed by atoms with E-state index in [0.717, 1.165) is 0 Å². The molecule has 1 atom stereocenters. The van der Waals surface area contributed by atoms with Crippen molar-refractivity contribution in [2.45, 2.75) is 26.6 Å². The molecule has 0 aliphatic carbocycles. The fourth-order valence-electron chi connectivity index (χ4n) is 3.16. The van der Waals surface area contributed by atoms with E-state index >= 15 is 0 Å². The van der Waals surface area contributed by atoms with E-state index in [9.17, 15) is 14.0 Å². The maximum Gasteiger partial charge on any atom is 0.266 e. The zero-order chi connectivity index (χ0) is 20.1. The number of benzene rings is 1. The van der Waals surface area contributed by atoms with Gasteiger partial charge in [0.25, 0.3) is 5.91 Å². The van der Waals surface area contributed by atoms with Crippen LogP contribution in [-0.2, 0) is 16.1 Å². The van der Waals surface area contributed by atoms with Gasteiger partial charge in [-0.1, -0.05) is 32.0 Å². The summed E-state index contributed by atoms with van der Waals surface area (Å²) in [7, 11) is 0. The second kappa shape index (κ2) is 9.25. The van der Waals surface area contributed by atoms with Crippen molar-refractivity contribution in [2.75, 3.05) is 26.2 Å². The van der Waals surface area contributed by atoms with Crippen molar-refractivity contribution in [1.29, 1.82) is 0 Å². The summed E-state index contributed by atoms with van der Waals surface area (Å²) < 4.78 is 19.9. The molecule has 1 aromatic heterocycles. The van der Waals surface area contributed by atoms with Gasteiger partial charge >= 0.3 is 0 Å². The summed E-state index contributed by atoms with van der Waals surface area (Å²) >= 11 is 1.24. The van der Waals surface area contributed by atoms with E-state index < -0.39 is 6.10 Å². The third kappa shape index (κ3) is 5.14. The Balaban J connectivity index is 1.76. The molecule has 1 aliphatic rings. The molecule has 0 bridgehead atoms. The van der Waals surface area contributed by atoms with Crippen molar-refractivity contribution in [3.8, 4) is 0 Å². The van der Waals surface area contributed by atoms with Crippen LogP contribution < -0.4 is 0 Å². The Bertz CT molecular complexity index is 813. The van der Waals surface area contributed by atoms with Gasteiger partial charge in [-0.25, -0.2) is 4.39 Å². The molecular weight excluding hydrogens is 381 g/mol. The highest BCUT2D eigenvalue weighted by Gasteiger charge is 2.32. The molecule has 0 saturated carbocycles. The average molecular weight is 405 g/mol. The molecule has 2 aromatic rings. The van der Waals surface area contributed by atoms with E-state index in [1.165, 1.54) is 28.5 Å². The maximum atomic E-state index is 13.9. The number of thiazole rings is 1. The number of halogens is 1. The first-order valence-electron chi connectivity index (χ1n) is 9.24. The molecule has 28 heavy (non-hydrogen) atoms. The Hall–Kier alpha value is -2.32. The number of amides is 2. The third-order valence-corrected chi connectivity index (χ3v) is 5.24. The summed E-state index contributed by atoms with van der Waals surface area (Å²) in [4.78, 5) is 33.1. The van der Waals surface area contributed by atoms with Crippen LogP contribution in [0, 0.1) is 11.7 Å². The first-order valence-corrected chi connectivity index (χ1v) is 10.1. The molecule has 150 valence electrons. The number of hydrogen-bond donors (Lipinski definition) is 0. The summed E-state index contributed by atoms with van der Waals surface area (Å²) in [6.45, 7) is 5.39. The number of aromatic nitrogens is 1. The molecule has 1 unspecified atom stereocenters. The minimum absolute atomic E-state index is 0.00299. The quantitative estimate of drug-likeness (QED) is 0.741. The van der Waals surface area contributed by atoms with Crippen molar-refractivity contribution >= 4 is 23.2 Å². The number of carbonyl (C=O) groups is 2. The van der Waals surface area contributed by atoms with Crippen LogP contribution in [0.4, 0.5) is 4.39 Å². The van der Waals surface area contributed by atoms with Gasteiger partial charge in [-0.05, 0) is 12.0 Å². The molecule has 6 nitrogen and oxygen atoms in total. The Labute approximate surface area is 167 Å². The Kier molecular flexibility index (Phi) is 6.74. The highest BCUT2D eigenvalue weighted by atomic mass is 32.1. The van der Waals surface area contributed by atoms with Crippen molar-refractivity contribution in [3.63, 3.8) is 0 Å². The summed E-state index contributed by atoms with van der Waals surface area (Å²) in [6.07, 6.45) is 1.10. The number of hydrogen-bond acceptors (Lipinski definition) is 5. The summed E-state index contributed by atoms with van der Waals surface area (Å²) in [5.74, 6) is -0.381. The van der Waals surface area contributed by atoms with E-state index in [-0.39, 0.29) is 37.3 Å². The van der Waals surface area contributed by atoms with Crippen molar-refractivity contribution < 1.29 is 18.7 Å². The van der Waals surface area contributed by atoms with E-state index in [1.807, 2.05) is 13.8 Å². The lowest BCUT2D eigenvalue weighted by Crippen LogP contribution is -2.40. The zero-order valence-electron chi connectivity index (χ0n) is 16.0. The Morgan fingerprint density at radius 3 is 2.82 bits per heavy atom. The first kappa shape index (κ1) is 20.4. The zero-order valence-corrected chi connectivity index (χ0v) is 16.8. The maximum absolute atomic E-state index is 13.9. The van der Waals surface area contributed by atoms with Gasteiger partial charge in [-0.15, -0.1) is 11.3 Å². The highest BCUT2D eigenvalue weighted by Crippen LogP contribution is 2.17. The van der Waals surface area contributed by atoms with Crippen molar-refractivity contribution in [2.24, 2.45) is 5.92 Å². The molecule has 0 radical (unpaired) electrons. The molecule has 1 fully saturated rings. The van der Waals surface area contributed by atoms with Crippen LogP contribution in [0.5, 0.6) is 0 Å². The molecule has 0 spiro atoms. The summed E-state index contributed by atoms with van der Waals surface area (Å²) in [5.41, 5.74) is 2.04.